The maximum Gasteiger partial charge on any atom is 0.258 e. The molecule has 0 atom stereocenters. The number of ether oxygens (including phenoxy) is 2. The molecule has 0 unspecified atom stereocenters. The Balaban J connectivity index is 1.60. The monoisotopic (exact) mass is 501 g/mol. The number of rotatable bonds is 6. The van der Waals surface area contributed by atoms with Crippen molar-refractivity contribution in [2.45, 2.75) is 20.0 Å². The Labute approximate surface area is 214 Å². The van der Waals surface area contributed by atoms with Gasteiger partial charge in [-0.05, 0) is 53.9 Å². The van der Waals surface area contributed by atoms with Crippen LogP contribution in [0.25, 0.3) is 11.1 Å². The lowest BCUT2D eigenvalue weighted by molar-refractivity contribution is 0.0740. The van der Waals surface area contributed by atoms with Crippen molar-refractivity contribution in [1.29, 1.82) is 5.41 Å². The van der Waals surface area contributed by atoms with Gasteiger partial charge >= 0.3 is 0 Å². The first-order chi connectivity index (χ1) is 17.8. The van der Waals surface area contributed by atoms with E-state index in [0.717, 1.165) is 22.3 Å². The molecule has 8 nitrogen and oxygen atoms in total. The summed E-state index contributed by atoms with van der Waals surface area (Å²) in [6.07, 6.45) is 5.30. The van der Waals surface area contributed by atoms with Crippen molar-refractivity contribution in [3.05, 3.63) is 94.9 Å². The molecular formula is C28H28FN5O3. The zero-order chi connectivity index (χ0) is 26.1. The van der Waals surface area contributed by atoms with Gasteiger partial charge in [-0.2, -0.15) is 0 Å². The van der Waals surface area contributed by atoms with Crippen molar-refractivity contribution in [1.82, 2.24) is 19.0 Å². The molecule has 1 aliphatic rings. The molecule has 4 aromatic rings. The number of methoxy groups -OCH3 is 1. The summed E-state index contributed by atoms with van der Waals surface area (Å²) < 4.78 is 28.9. The summed E-state index contributed by atoms with van der Waals surface area (Å²) in [6.45, 7) is 3.22. The van der Waals surface area contributed by atoms with E-state index in [0.29, 0.717) is 54.6 Å². The highest BCUT2D eigenvalue weighted by atomic mass is 19.1. The number of hydrogen-bond donors (Lipinski definition) is 1. The van der Waals surface area contributed by atoms with E-state index >= 15 is 0 Å². The normalized spacial score (nSPS) is 13.2. The van der Waals surface area contributed by atoms with Gasteiger partial charge in [0.05, 0.1) is 38.0 Å². The van der Waals surface area contributed by atoms with Crippen LogP contribution in [-0.4, -0.2) is 45.2 Å². The van der Waals surface area contributed by atoms with Crippen LogP contribution in [-0.2, 0) is 20.1 Å². The van der Waals surface area contributed by atoms with E-state index in [-0.39, 0.29) is 11.7 Å². The molecule has 1 aliphatic heterocycles. The smallest absolute Gasteiger partial charge is 0.258 e. The predicted molar refractivity (Wildman–Crippen MR) is 136 cm³/mol. The van der Waals surface area contributed by atoms with Crippen molar-refractivity contribution < 1.29 is 18.7 Å². The van der Waals surface area contributed by atoms with Crippen LogP contribution in [0.15, 0.2) is 61.1 Å². The quantitative estimate of drug-likeness (QED) is 0.434. The maximum absolute atomic E-state index is 13.9. The van der Waals surface area contributed by atoms with E-state index < -0.39 is 0 Å². The third kappa shape index (κ3) is 4.84. The fourth-order valence-corrected chi connectivity index (χ4v) is 4.62. The first kappa shape index (κ1) is 24.3. The van der Waals surface area contributed by atoms with Gasteiger partial charge in [0, 0.05) is 37.3 Å². The number of nitrogens with zero attached hydrogens (tertiary/aromatic N) is 4. The number of carbonyl (C=O) groups excluding carboxylic acids is 1. The topological polar surface area (TPSA) is 85.4 Å². The average Bonchev–Trinajstić information content (AvgIpc) is 3.11. The number of aryl methyl sites for hydroxylation is 2. The minimum Gasteiger partial charge on any atom is -0.497 e. The lowest BCUT2D eigenvalue weighted by atomic mass is 9.94. The minimum atomic E-state index is -0.323. The summed E-state index contributed by atoms with van der Waals surface area (Å²) in [5.41, 5.74) is 4.57. The fraction of sp³-hybridized carbons (Fsp3) is 0.250. The molecule has 5 rings (SSSR count). The Kier molecular flexibility index (Phi) is 6.52. The maximum atomic E-state index is 13.9. The van der Waals surface area contributed by atoms with E-state index in [2.05, 4.69) is 4.98 Å². The molecule has 2 aromatic carbocycles. The molecule has 0 radical (unpaired) electrons. The van der Waals surface area contributed by atoms with Crippen LogP contribution in [0.2, 0.25) is 0 Å². The molecule has 190 valence electrons. The predicted octanol–water partition coefficient (Wildman–Crippen LogP) is 3.91. The number of benzene rings is 2. The second-order valence-corrected chi connectivity index (χ2v) is 9.10. The molecule has 9 heteroatoms. The molecular weight excluding hydrogens is 473 g/mol. The third-order valence-electron chi connectivity index (χ3n) is 6.56. The molecule has 0 bridgehead atoms. The molecule has 1 amide bonds. The van der Waals surface area contributed by atoms with Gasteiger partial charge in [0.25, 0.3) is 5.91 Å². The van der Waals surface area contributed by atoms with Crippen LogP contribution in [0.4, 0.5) is 4.39 Å². The number of fused-ring (bicyclic) bond motifs is 1. The average molecular weight is 502 g/mol. The highest BCUT2D eigenvalue weighted by molar-refractivity contribution is 6.00. The molecule has 0 aliphatic carbocycles. The van der Waals surface area contributed by atoms with Crippen molar-refractivity contribution in [3.8, 4) is 22.6 Å². The first-order valence-corrected chi connectivity index (χ1v) is 11.9. The minimum absolute atomic E-state index is 0.177. The molecule has 3 heterocycles. The summed E-state index contributed by atoms with van der Waals surface area (Å²) in [5, 5.41) is 8.32. The number of carbonyl (C=O) groups is 1. The van der Waals surface area contributed by atoms with Crippen molar-refractivity contribution in [2.75, 3.05) is 20.3 Å². The number of pyridine rings is 1. The third-order valence-corrected chi connectivity index (χ3v) is 6.56. The molecule has 0 fully saturated rings. The summed E-state index contributed by atoms with van der Waals surface area (Å²) in [5.74, 6) is 0.653. The Hall–Kier alpha value is -4.40. The van der Waals surface area contributed by atoms with E-state index in [9.17, 15) is 9.18 Å². The van der Waals surface area contributed by atoms with Gasteiger partial charge in [0.2, 0.25) is 5.62 Å². The van der Waals surface area contributed by atoms with Crippen LogP contribution >= 0.6 is 0 Å². The molecule has 1 N–H and O–H groups in total. The summed E-state index contributed by atoms with van der Waals surface area (Å²) in [7, 11) is 3.40. The van der Waals surface area contributed by atoms with E-state index in [4.69, 9.17) is 14.9 Å². The number of amides is 1. The number of halogens is 1. The van der Waals surface area contributed by atoms with Crippen molar-refractivity contribution in [3.63, 3.8) is 0 Å². The highest BCUT2D eigenvalue weighted by Gasteiger charge is 2.28. The number of imidazole rings is 1. The molecule has 37 heavy (non-hydrogen) atoms. The Morgan fingerprint density at radius 2 is 1.89 bits per heavy atom. The fourth-order valence-electron chi connectivity index (χ4n) is 4.62. The van der Waals surface area contributed by atoms with Gasteiger partial charge in [-0.15, -0.1) is 0 Å². The second-order valence-electron chi connectivity index (χ2n) is 9.10. The lowest BCUT2D eigenvalue weighted by Crippen LogP contribution is -2.32. The van der Waals surface area contributed by atoms with Crippen molar-refractivity contribution in [2.24, 2.45) is 7.05 Å². The van der Waals surface area contributed by atoms with E-state index in [1.54, 1.807) is 39.5 Å². The summed E-state index contributed by atoms with van der Waals surface area (Å²) >= 11 is 0. The van der Waals surface area contributed by atoms with Crippen LogP contribution < -0.4 is 15.1 Å². The lowest BCUT2D eigenvalue weighted by Gasteiger charge is -2.20. The van der Waals surface area contributed by atoms with Gasteiger partial charge in [-0.25, -0.2) is 4.39 Å². The van der Waals surface area contributed by atoms with E-state index in [1.807, 2.05) is 44.6 Å². The highest BCUT2D eigenvalue weighted by Crippen LogP contribution is 2.38. The standard InChI is InChI=1S/C28H28FN5O3/c1-18-12-20(29)4-5-23(18)24-13-19(16-34-9-8-32(2)28(34)30)14-25-26(24)37-11-10-33(27(25)35)17-21-15-22(36-3)6-7-31-21/h4-9,12-15,30H,10-11,16-17H2,1-3H3. The van der Waals surface area contributed by atoms with Gasteiger partial charge in [-0.1, -0.05) is 6.07 Å². The molecule has 0 spiro atoms. The van der Waals surface area contributed by atoms with Crippen LogP contribution in [0.1, 0.15) is 27.2 Å². The Morgan fingerprint density at radius 1 is 1.08 bits per heavy atom. The Morgan fingerprint density at radius 3 is 2.62 bits per heavy atom. The van der Waals surface area contributed by atoms with Gasteiger partial charge < -0.3 is 23.5 Å². The van der Waals surface area contributed by atoms with E-state index in [1.165, 1.54) is 12.1 Å². The van der Waals surface area contributed by atoms with Gasteiger partial charge in [-0.3, -0.25) is 15.2 Å². The first-order valence-electron chi connectivity index (χ1n) is 11.9. The largest absolute Gasteiger partial charge is 0.497 e. The molecule has 0 saturated heterocycles. The zero-order valence-electron chi connectivity index (χ0n) is 21.0. The summed E-state index contributed by atoms with van der Waals surface area (Å²) in [4.78, 5) is 20.0. The van der Waals surface area contributed by atoms with Gasteiger partial charge in [0.1, 0.15) is 23.9 Å². The zero-order valence-corrected chi connectivity index (χ0v) is 21.0. The Bertz CT molecular complexity index is 1540. The van der Waals surface area contributed by atoms with Crippen LogP contribution in [0.5, 0.6) is 11.5 Å². The SMILES string of the molecule is COc1ccnc(CN2CCOc3c(cc(Cn4ccn(C)c4=N)cc3-c3ccc(F)cc3C)C2=O)c1. The molecule has 2 aromatic heterocycles. The second kappa shape index (κ2) is 9.93. The van der Waals surface area contributed by atoms with Crippen LogP contribution in [0, 0.1) is 18.2 Å². The molecule has 0 saturated carbocycles. The number of nitrogens with one attached hydrogen (secondary N) is 1. The van der Waals surface area contributed by atoms with Gasteiger partial charge in [0.15, 0.2) is 0 Å². The van der Waals surface area contributed by atoms with Crippen LogP contribution in [0.3, 0.4) is 0 Å². The number of hydrogen-bond acceptors (Lipinski definition) is 5. The number of aromatic nitrogens is 3. The summed E-state index contributed by atoms with van der Waals surface area (Å²) in [6, 6.07) is 12.0. The van der Waals surface area contributed by atoms with Crippen molar-refractivity contribution >= 4 is 5.91 Å².